The molecule has 9 nitrogen and oxygen atoms in total. The van der Waals surface area contributed by atoms with Gasteiger partial charge in [-0.15, -0.1) is 0 Å². The van der Waals surface area contributed by atoms with Gasteiger partial charge in [-0.1, -0.05) is 0 Å². The fraction of sp³-hybridized carbons (Fsp3) is 0. The molecule has 0 amide bonds. The van der Waals surface area contributed by atoms with E-state index >= 15 is 0 Å². The number of rotatable bonds is 0. The third kappa shape index (κ3) is 329. The second-order valence-electron chi connectivity index (χ2n) is 0. The zero-order valence-corrected chi connectivity index (χ0v) is 11.7. The van der Waals surface area contributed by atoms with Crippen LogP contribution in [0.25, 0.3) is 0 Å². The van der Waals surface area contributed by atoms with Crippen LogP contribution in [0.3, 0.4) is 0 Å². The zero-order chi connectivity index (χ0) is 0. The summed E-state index contributed by atoms with van der Waals surface area (Å²) < 4.78 is 0. The van der Waals surface area contributed by atoms with Crippen molar-refractivity contribution in [2.24, 2.45) is 0 Å². The molecule has 0 aliphatic rings. The Balaban J connectivity index is 0. The number of hydrogen-bond donors (Lipinski definition) is 0. The predicted octanol–water partition coefficient (Wildman–Crippen LogP) is -1.08. The van der Waals surface area contributed by atoms with Crippen LogP contribution in [-0.4, -0.2) is 0 Å². The number of hydrogen-bond acceptors (Lipinski definition) is 0. The zero-order valence-electron chi connectivity index (χ0n) is 5.35. The molecule has 0 unspecified atom stereocenters. The maximum Gasteiger partial charge on any atom is 3.00 e. The Kier molecular flexibility index (Phi) is 13900. The van der Waals surface area contributed by atoms with Crippen molar-refractivity contribution in [2.75, 3.05) is 0 Å². The molecule has 0 aliphatic carbocycles. The SMILES string of the molecule is [O-2].[O-2].[O-2].[O-2].[O-2].[O-2].[O-2].[O-2].[O-2].[Tb+3].[V].[V].[V]. The minimum atomic E-state index is 0. The molecule has 0 aromatic carbocycles. The van der Waals surface area contributed by atoms with Crippen molar-refractivity contribution in [1.82, 2.24) is 0 Å². The first-order valence-electron chi connectivity index (χ1n) is 0. The van der Waals surface area contributed by atoms with Gasteiger partial charge < -0.3 is 49.3 Å². The van der Waals surface area contributed by atoms with Gasteiger partial charge in [0.05, 0.1) is 0 Å². The second-order valence-corrected chi connectivity index (χ2v) is 0. The Labute approximate surface area is 142 Å². The third-order valence-electron chi connectivity index (χ3n) is 0. The Bertz CT molecular complexity index is 14.8. The maximum absolute atomic E-state index is 0. The van der Waals surface area contributed by atoms with Crippen molar-refractivity contribution in [3.8, 4) is 0 Å². The molecule has 0 heterocycles. The van der Waals surface area contributed by atoms with E-state index in [-0.39, 0.29) is 144 Å². The summed E-state index contributed by atoms with van der Waals surface area (Å²) in [7, 11) is 0. The van der Waals surface area contributed by atoms with Crippen LogP contribution >= 0.6 is 0 Å². The molecule has 0 bridgehead atoms. The quantitative estimate of drug-likeness (QED) is 0.422. The Hall–Kier alpha value is 2.68. The van der Waals surface area contributed by atoms with E-state index in [2.05, 4.69) is 0 Å². The molecule has 0 saturated carbocycles. The summed E-state index contributed by atoms with van der Waals surface area (Å²) in [5.74, 6) is 0. The van der Waals surface area contributed by atoms with Crippen molar-refractivity contribution >= 4 is 0 Å². The largest absolute Gasteiger partial charge is 3.00 e. The van der Waals surface area contributed by atoms with Crippen molar-refractivity contribution in [2.45, 2.75) is 0 Å². The van der Waals surface area contributed by atoms with Gasteiger partial charge in [0.15, 0.2) is 0 Å². The molecule has 0 rings (SSSR count). The Morgan fingerprint density at radius 3 is 0.231 bits per heavy atom. The van der Waals surface area contributed by atoms with E-state index in [1.807, 2.05) is 0 Å². The minimum absolute atomic E-state index is 0. The molecule has 0 N–H and O–H groups in total. The summed E-state index contributed by atoms with van der Waals surface area (Å²) >= 11 is 0. The molecular weight excluding hydrogens is 456 g/mol. The molecule has 13 heteroatoms. The standard InChI is InChI=1S/9O.Tb.3V/q9*-2;+3;;;. The van der Waals surface area contributed by atoms with Crippen LogP contribution in [-0.2, 0) is 105 Å². The van der Waals surface area contributed by atoms with Crippen molar-refractivity contribution < 1.29 is 144 Å². The van der Waals surface area contributed by atoms with Gasteiger partial charge in [-0.05, 0) is 0 Å². The van der Waals surface area contributed by atoms with E-state index in [1.54, 1.807) is 0 Å². The first-order chi connectivity index (χ1) is 0. The van der Waals surface area contributed by atoms with E-state index in [0.717, 1.165) is 0 Å². The monoisotopic (exact) mass is 456 g/mol. The van der Waals surface area contributed by atoms with Crippen LogP contribution < -0.4 is 0 Å². The molecule has 0 fully saturated rings. The van der Waals surface area contributed by atoms with Gasteiger partial charge in [0.1, 0.15) is 0 Å². The van der Waals surface area contributed by atoms with Crippen LogP contribution in [0.15, 0.2) is 0 Å². The topological polar surface area (TPSA) is 256 Å². The van der Waals surface area contributed by atoms with Crippen LogP contribution in [0.4, 0.5) is 0 Å². The fourth-order valence-electron chi connectivity index (χ4n) is 0. The normalized spacial score (nSPS) is 0. The molecule has 0 aromatic rings. The van der Waals surface area contributed by atoms with Gasteiger partial charge in [0, 0.05) is 55.7 Å². The van der Waals surface area contributed by atoms with Crippen LogP contribution in [0.5, 0.6) is 0 Å². The maximum atomic E-state index is 0. The molecule has 0 aromatic heterocycles. The van der Waals surface area contributed by atoms with Crippen molar-refractivity contribution in [1.29, 1.82) is 0 Å². The summed E-state index contributed by atoms with van der Waals surface area (Å²) in [5, 5.41) is 0. The van der Waals surface area contributed by atoms with Gasteiger partial charge in [0.2, 0.25) is 0 Å². The Morgan fingerprint density at radius 1 is 0.231 bits per heavy atom. The van der Waals surface area contributed by atoms with E-state index in [9.17, 15) is 0 Å². The molecule has 3 radical (unpaired) electrons. The molecular formula is O9TbV3-15. The average Bonchev–Trinajstić information content (AvgIpc) is 0. The van der Waals surface area contributed by atoms with E-state index in [4.69, 9.17) is 0 Å². The average molecular weight is 456 g/mol. The van der Waals surface area contributed by atoms with Gasteiger partial charge >= 0.3 is 38.6 Å². The molecule has 0 atom stereocenters. The first-order valence-corrected chi connectivity index (χ1v) is 0. The van der Waals surface area contributed by atoms with Gasteiger partial charge in [-0.25, -0.2) is 0 Å². The van der Waals surface area contributed by atoms with Crippen molar-refractivity contribution in [3.63, 3.8) is 0 Å². The first kappa shape index (κ1) is 471. The molecule has 0 aliphatic heterocycles. The fourth-order valence-corrected chi connectivity index (χ4v) is 0. The van der Waals surface area contributed by atoms with Crippen molar-refractivity contribution in [3.05, 3.63) is 0 Å². The summed E-state index contributed by atoms with van der Waals surface area (Å²) in [5.41, 5.74) is 0. The van der Waals surface area contributed by atoms with Gasteiger partial charge in [0.25, 0.3) is 0 Å². The van der Waals surface area contributed by atoms with E-state index < -0.39 is 0 Å². The molecule has 0 saturated heterocycles. The van der Waals surface area contributed by atoms with Crippen LogP contribution in [0.2, 0.25) is 0 Å². The summed E-state index contributed by atoms with van der Waals surface area (Å²) in [6, 6.07) is 0. The van der Waals surface area contributed by atoms with Gasteiger partial charge in [-0.3, -0.25) is 0 Å². The van der Waals surface area contributed by atoms with E-state index in [1.165, 1.54) is 0 Å². The van der Waals surface area contributed by atoms with Gasteiger partial charge in [-0.2, -0.15) is 0 Å². The summed E-state index contributed by atoms with van der Waals surface area (Å²) in [6.45, 7) is 0. The molecule has 0 spiro atoms. The van der Waals surface area contributed by atoms with E-state index in [0.29, 0.717) is 0 Å². The smallest absolute Gasteiger partial charge is 2.00 e. The second kappa shape index (κ2) is 383. The van der Waals surface area contributed by atoms with Crippen LogP contribution in [0.1, 0.15) is 0 Å². The molecule has 13 heavy (non-hydrogen) atoms. The minimum Gasteiger partial charge on any atom is -2.00 e. The Morgan fingerprint density at radius 2 is 0.231 bits per heavy atom. The summed E-state index contributed by atoms with van der Waals surface area (Å²) in [4.78, 5) is 0. The predicted molar refractivity (Wildman–Crippen MR) is 6.18 cm³/mol. The molecule has 93 valence electrons. The third-order valence-corrected chi connectivity index (χ3v) is 0. The van der Waals surface area contributed by atoms with Crippen LogP contribution in [0, 0.1) is 38.6 Å². The summed E-state index contributed by atoms with van der Waals surface area (Å²) in [6.07, 6.45) is 0.